The number of ether oxygens (including phenoxy) is 1. The highest BCUT2D eigenvalue weighted by atomic mass is 16.5. The van der Waals surface area contributed by atoms with Gasteiger partial charge in [0.15, 0.2) is 11.5 Å². The van der Waals surface area contributed by atoms with Crippen LogP contribution in [0.2, 0.25) is 0 Å². The lowest BCUT2D eigenvalue weighted by atomic mass is 9.99. The van der Waals surface area contributed by atoms with E-state index in [4.69, 9.17) is 9.26 Å². The second-order valence-corrected chi connectivity index (χ2v) is 6.04. The fourth-order valence-electron chi connectivity index (χ4n) is 2.70. The third-order valence-electron chi connectivity index (χ3n) is 4.03. The molecule has 0 fully saturated rings. The van der Waals surface area contributed by atoms with Crippen LogP contribution in [0.1, 0.15) is 30.1 Å². The number of rotatable bonds is 4. The summed E-state index contributed by atoms with van der Waals surface area (Å²) >= 11 is 0. The number of anilines is 2. The van der Waals surface area contributed by atoms with Crippen LogP contribution < -0.4 is 10.2 Å². The maximum Gasteiger partial charge on any atom is 0.280 e. The SMILES string of the molecule is COCc1cc(C(=O)N2C[C@@H](C(C)C)Nc3ccccc32)no1. The fourth-order valence-corrected chi connectivity index (χ4v) is 2.70. The maximum atomic E-state index is 12.9. The van der Waals surface area contributed by atoms with Crippen molar-refractivity contribution in [2.45, 2.75) is 26.5 Å². The Labute approximate surface area is 135 Å². The number of nitrogens with zero attached hydrogens (tertiary/aromatic N) is 2. The van der Waals surface area contributed by atoms with E-state index < -0.39 is 0 Å². The molecule has 6 heteroatoms. The van der Waals surface area contributed by atoms with Crippen molar-refractivity contribution in [2.24, 2.45) is 5.92 Å². The standard InChI is InChI=1S/C17H21N3O3/c1-11(2)15-9-20(16-7-5-4-6-13(16)18-15)17(21)14-8-12(10-22-3)23-19-14/h4-8,11,15,18H,9-10H2,1-3H3/t15-/m0/s1. The van der Waals surface area contributed by atoms with Gasteiger partial charge in [-0.15, -0.1) is 0 Å². The van der Waals surface area contributed by atoms with Gasteiger partial charge >= 0.3 is 0 Å². The molecule has 1 N–H and O–H groups in total. The molecule has 0 saturated heterocycles. The van der Waals surface area contributed by atoms with Gasteiger partial charge in [0.25, 0.3) is 5.91 Å². The number of hydrogen-bond acceptors (Lipinski definition) is 5. The van der Waals surface area contributed by atoms with Crippen LogP contribution in [0.25, 0.3) is 0 Å². The highest BCUT2D eigenvalue weighted by Gasteiger charge is 2.31. The Bertz CT molecular complexity index is 696. The van der Waals surface area contributed by atoms with Crippen LogP contribution in [-0.4, -0.2) is 30.8 Å². The van der Waals surface area contributed by atoms with Crippen LogP contribution in [0.5, 0.6) is 0 Å². The van der Waals surface area contributed by atoms with E-state index in [1.54, 1.807) is 18.1 Å². The lowest BCUT2D eigenvalue weighted by molar-refractivity contribution is 0.0974. The molecule has 1 aliphatic heterocycles. The number of methoxy groups -OCH3 is 1. The zero-order valence-electron chi connectivity index (χ0n) is 13.6. The predicted molar refractivity (Wildman–Crippen MR) is 87.6 cm³/mol. The largest absolute Gasteiger partial charge is 0.379 e. The number of carbonyl (C=O) groups excluding carboxylic acids is 1. The lowest BCUT2D eigenvalue weighted by Gasteiger charge is -2.37. The Kier molecular flexibility index (Phi) is 4.34. The van der Waals surface area contributed by atoms with Crippen molar-refractivity contribution in [3.63, 3.8) is 0 Å². The summed E-state index contributed by atoms with van der Waals surface area (Å²) in [6.07, 6.45) is 0. The van der Waals surface area contributed by atoms with Crippen LogP contribution in [0, 0.1) is 5.92 Å². The van der Waals surface area contributed by atoms with Gasteiger partial charge in [-0.25, -0.2) is 0 Å². The van der Waals surface area contributed by atoms with Crippen molar-refractivity contribution in [2.75, 3.05) is 23.9 Å². The molecule has 0 bridgehead atoms. The normalized spacial score (nSPS) is 17.0. The van der Waals surface area contributed by atoms with Gasteiger partial charge in [-0.2, -0.15) is 0 Å². The molecule has 6 nitrogen and oxygen atoms in total. The molecule has 1 aromatic heterocycles. The number of nitrogens with one attached hydrogen (secondary N) is 1. The summed E-state index contributed by atoms with van der Waals surface area (Å²) in [6.45, 7) is 5.18. The second-order valence-electron chi connectivity index (χ2n) is 6.04. The van der Waals surface area contributed by atoms with Gasteiger partial charge in [0, 0.05) is 25.8 Å². The van der Waals surface area contributed by atoms with E-state index in [-0.39, 0.29) is 11.9 Å². The topological polar surface area (TPSA) is 67.6 Å². The number of benzene rings is 1. The van der Waals surface area contributed by atoms with Crippen molar-refractivity contribution in [1.29, 1.82) is 0 Å². The Morgan fingerprint density at radius 1 is 1.48 bits per heavy atom. The summed E-state index contributed by atoms with van der Waals surface area (Å²) in [7, 11) is 1.57. The van der Waals surface area contributed by atoms with Crippen molar-refractivity contribution >= 4 is 17.3 Å². The van der Waals surface area contributed by atoms with Gasteiger partial charge in [-0.05, 0) is 18.1 Å². The number of aromatic nitrogens is 1. The molecule has 1 aromatic carbocycles. The molecule has 0 aliphatic carbocycles. The van der Waals surface area contributed by atoms with Gasteiger partial charge < -0.3 is 19.5 Å². The summed E-state index contributed by atoms with van der Waals surface area (Å²) in [5.41, 5.74) is 2.13. The second kappa shape index (κ2) is 6.42. The first-order valence-electron chi connectivity index (χ1n) is 7.72. The van der Waals surface area contributed by atoms with Crippen molar-refractivity contribution in [3.8, 4) is 0 Å². The Hall–Kier alpha value is -2.34. The number of carbonyl (C=O) groups is 1. The van der Waals surface area contributed by atoms with E-state index in [9.17, 15) is 4.79 Å². The van der Waals surface area contributed by atoms with E-state index in [0.29, 0.717) is 30.5 Å². The van der Waals surface area contributed by atoms with E-state index in [2.05, 4.69) is 24.3 Å². The first-order valence-corrected chi connectivity index (χ1v) is 7.72. The van der Waals surface area contributed by atoms with E-state index >= 15 is 0 Å². The summed E-state index contributed by atoms with van der Waals surface area (Å²) in [5.74, 6) is 0.787. The molecule has 0 unspecified atom stereocenters. The summed E-state index contributed by atoms with van der Waals surface area (Å²) in [5, 5.41) is 7.39. The molecular weight excluding hydrogens is 294 g/mol. The minimum Gasteiger partial charge on any atom is -0.379 e. The molecule has 0 radical (unpaired) electrons. The van der Waals surface area contributed by atoms with Gasteiger partial charge in [-0.1, -0.05) is 31.1 Å². The van der Waals surface area contributed by atoms with E-state index in [0.717, 1.165) is 11.4 Å². The molecule has 1 amide bonds. The molecule has 23 heavy (non-hydrogen) atoms. The number of hydrogen-bond donors (Lipinski definition) is 1. The van der Waals surface area contributed by atoms with E-state index in [1.807, 2.05) is 24.3 Å². The fraction of sp³-hybridized carbons (Fsp3) is 0.412. The monoisotopic (exact) mass is 315 g/mol. The van der Waals surface area contributed by atoms with Gasteiger partial charge in [0.05, 0.1) is 11.4 Å². The van der Waals surface area contributed by atoms with Crippen molar-refractivity contribution in [3.05, 3.63) is 41.8 Å². The van der Waals surface area contributed by atoms with Crippen LogP contribution in [0.4, 0.5) is 11.4 Å². The molecule has 3 rings (SSSR count). The zero-order valence-corrected chi connectivity index (χ0v) is 13.6. The highest BCUT2D eigenvalue weighted by Crippen LogP contribution is 2.33. The van der Waals surface area contributed by atoms with Crippen molar-refractivity contribution in [1.82, 2.24) is 5.16 Å². The predicted octanol–water partition coefficient (Wildman–Crippen LogP) is 2.92. The summed E-state index contributed by atoms with van der Waals surface area (Å²) in [4.78, 5) is 14.7. The lowest BCUT2D eigenvalue weighted by Crippen LogP contribution is -2.47. The average molecular weight is 315 g/mol. The molecule has 1 atom stereocenters. The third kappa shape index (κ3) is 3.07. The zero-order chi connectivity index (χ0) is 16.4. The van der Waals surface area contributed by atoms with Gasteiger partial charge in [0.1, 0.15) is 6.61 Å². The first-order chi connectivity index (χ1) is 11.1. The smallest absolute Gasteiger partial charge is 0.280 e. The minimum atomic E-state index is -0.157. The molecular formula is C17H21N3O3. The highest BCUT2D eigenvalue weighted by molar-refractivity contribution is 6.07. The molecule has 2 heterocycles. The average Bonchev–Trinajstić information content (AvgIpc) is 3.02. The number of amides is 1. The Balaban J connectivity index is 1.91. The van der Waals surface area contributed by atoms with Crippen molar-refractivity contribution < 1.29 is 14.1 Å². The van der Waals surface area contributed by atoms with Crippen LogP contribution in [0.3, 0.4) is 0 Å². The van der Waals surface area contributed by atoms with E-state index in [1.165, 1.54) is 0 Å². The number of fused-ring (bicyclic) bond motifs is 1. The van der Waals surface area contributed by atoms with Gasteiger partial charge in [0.2, 0.25) is 0 Å². The summed E-state index contributed by atoms with van der Waals surface area (Å²) < 4.78 is 10.1. The molecule has 2 aromatic rings. The summed E-state index contributed by atoms with van der Waals surface area (Å²) in [6, 6.07) is 9.65. The third-order valence-corrected chi connectivity index (χ3v) is 4.03. The van der Waals surface area contributed by atoms with Crippen LogP contribution >= 0.6 is 0 Å². The maximum absolute atomic E-state index is 12.9. The first kappa shape index (κ1) is 15.6. The Morgan fingerprint density at radius 3 is 3.00 bits per heavy atom. The van der Waals surface area contributed by atoms with Gasteiger partial charge in [-0.3, -0.25) is 4.79 Å². The Morgan fingerprint density at radius 2 is 2.26 bits per heavy atom. The molecule has 1 aliphatic rings. The van der Waals surface area contributed by atoms with Crippen LogP contribution in [-0.2, 0) is 11.3 Å². The molecule has 0 saturated carbocycles. The minimum absolute atomic E-state index is 0.157. The molecule has 0 spiro atoms. The van der Waals surface area contributed by atoms with Crippen LogP contribution in [0.15, 0.2) is 34.9 Å². The quantitative estimate of drug-likeness (QED) is 0.939. The molecule has 122 valence electrons. The number of para-hydroxylation sites is 2.